The number of piperidine rings is 1. The van der Waals surface area contributed by atoms with Gasteiger partial charge < -0.3 is 15.3 Å². The summed E-state index contributed by atoms with van der Waals surface area (Å²) >= 11 is 0. The van der Waals surface area contributed by atoms with Gasteiger partial charge in [0.15, 0.2) is 0 Å². The zero-order valence-electron chi connectivity index (χ0n) is 11.4. The van der Waals surface area contributed by atoms with E-state index in [0.717, 1.165) is 0 Å². The topological polar surface area (TPSA) is 86.7 Å². The van der Waals surface area contributed by atoms with Crippen molar-refractivity contribution in [1.82, 2.24) is 10.2 Å². The number of carbonyl (C=O) groups excluding carboxylic acids is 3. The number of aliphatic hydroxyl groups is 1. The Bertz CT molecular complexity index is 336. The van der Waals surface area contributed by atoms with Gasteiger partial charge in [-0.05, 0) is 26.2 Å². The van der Waals surface area contributed by atoms with Crippen LogP contribution in [0.3, 0.4) is 0 Å². The molecule has 0 aromatic rings. The van der Waals surface area contributed by atoms with Crippen molar-refractivity contribution in [2.24, 2.45) is 5.92 Å². The highest BCUT2D eigenvalue weighted by Gasteiger charge is 2.27. The summed E-state index contributed by atoms with van der Waals surface area (Å²) in [4.78, 5) is 36.0. The van der Waals surface area contributed by atoms with Gasteiger partial charge in [-0.3, -0.25) is 14.4 Å². The van der Waals surface area contributed by atoms with E-state index in [1.807, 2.05) is 0 Å². The molecule has 0 radical (unpaired) electrons. The summed E-state index contributed by atoms with van der Waals surface area (Å²) in [5.74, 6) is -0.354. The van der Waals surface area contributed by atoms with E-state index in [9.17, 15) is 14.4 Å². The summed E-state index contributed by atoms with van der Waals surface area (Å²) in [7, 11) is 0. The van der Waals surface area contributed by atoms with Gasteiger partial charge in [-0.25, -0.2) is 0 Å². The maximum absolute atomic E-state index is 11.8. The minimum Gasteiger partial charge on any atom is -0.396 e. The van der Waals surface area contributed by atoms with Gasteiger partial charge >= 0.3 is 0 Å². The van der Waals surface area contributed by atoms with Crippen LogP contribution in [0.25, 0.3) is 0 Å². The first-order valence-electron chi connectivity index (χ1n) is 6.70. The standard InChI is InChI=1S/C13H22N2O4/c1-10(17)9-12(18)15-6-3-11(4-7-15)13(19)14-5-2-8-16/h11,16H,2-9H2,1H3,(H,14,19). The van der Waals surface area contributed by atoms with Gasteiger partial charge in [0.25, 0.3) is 0 Å². The summed E-state index contributed by atoms with van der Waals surface area (Å²) < 4.78 is 0. The Hall–Kier alpha value is -1.43. The molecule has 6 heteroatoms. The number of nitrogens with zero attached hydrogens (tertiary/aromatic N) is 1. The minimum atomic E-state index is -0.147. The lowest BCUT2D eigenvalue weighted by Crippen LogP contribution is -2.43. The first-order chi connectivity index (χ1) is 9.04. The molecule has 1 rings (SSSR count). The highest BCUT2D eigenvalue weighted by Crippen LogP contribution is 2.18. The highest BCUT2D eigenvalue weighted by atomic mass is 16.3. The Morgan fingerprint density at radius 2 is 1.89 bits per heavy atom. The summed E-state index contributed by atoms with van der Waals surface area (Å²) in [6.07, 6.45) is 1.78. The van der Waals surface area contributed by atoms with Gasteiger partial charge in [-0.15, -0.1) is 0 Å². The molecular formula is C13H22N2O4. The molecule has 0 aliphatic carbocycles. The number of rotatable bonds is 6. The number of ketones is 1. The molecule has 1 saturated heterocycles. The van der Waals surface area contributed by atoms with E-state index < -0.39 is 0 Å². The third-order valence-electron chi connectivity index (χ3n) is 3.25. The van der Waals surface area contributed by atoms with Gasteiger partial charge in [0.05, 0.1) is 6.42 Å². The van der Waals surface area contributed by atoms with Gasteiger partial charge in [-0.2, -0.15) is 0 Å². The fraction of sp³-hybridized carbons (Fsp3) is 0.769. The summed E-state index contributed by atoms with van der Waals surface area (Å²) in [5, 5.41) is 11.4. The van der Waals surface area contributed by atoms with Crippen LogP contribution in [-0.4, -0.2) is 53.8 Å². The van der Waals surface area contributed by atoms with Crippen LogP contribution in [0.5, 0.6) is 0 Å². The van der Waals surface area contributed by atoms with Crippen molar-refractivity contribution in [3.63, 3.8) is 0 Å². The Kier molecular flexibility index (Phi) is 6.49. The Morgan fingerprint density at radius 1 is 1.26 bits per heavy atom. The van der Waals surface area contributed by atoms with Crippen LogP contribution in [0.2, 0.25) is 0 Å². The summed E-state index contributed by atoms with van der Waals surface area (Å²) in [6.45, 7) is 3.02. The van der Waals surface area contributed by atoms with E-state index in [1.54, 1.807) is 4.90 Å². The van der Waals surface area contributed by atoms with Crippen LogP contribution in [0, 0.1) is 5.92 Å². The maximum Gasteiger partial charge on any atom is 0.230 e. The second kappa shape index (κ2) is 7.89. The second-order valence-electron chi connectivity index (χ2n) is 4.90. The van der Waals surface area contributed by atoms with Gasteiger partial charge in [-0.1, -0.05) is 0 Å². The van der Waals surface area contributed by atoms with Gasteiger partial charge in [0.1, 0.15) is 5.78 Å². The Labute approximate surface area is 113 Å². The van der Waals surface area contributed by atoms with E-state index in [2.05, 4.69) is 5.32 Å². The average molecular weight is 270 g/mol. The quantitative estimate of drug-likeness (QED) is 0.512. The molecule has 0 unspecified atom stereocenters. The fourth-order valence-electron chi connectivity index (χ4n) is 2.15. The zero-order chi connectivity index (χ0) is 14.3. The largest absolute Gasteiger partial charge is 0.396 e. The minimum absolute atomic E-state index is 0.00730. The van der Waals surface area contributed by atoms with Crippen LogP contribution in [0.4, 0.5) is 0 Å². The Balaban J connectivity index is 2.30. The summed E-state index contributed by atoms with van der Waals surface area (Å²) in [6, 6.07) is 0. The summed E-state index contributed by atoms with van der Waals surface area (Å²) in [5.41, 5.74) is 0. The molecule has 1 heterocycles. The number of amides is 2. The van der Waals surface area contributed by atoms with Crippen molar-refractivity contribution in [2.75, 3.05) is 26.2 Å². The third-order valence-corrected chi connectivity index (χ3v) is 3.25. The van der Waals surface area contributed by atoms with Crippen molar-refractivity contribution in [3.05, 3.63) is 0 Å². The second-order valence-corrected chi connectivity index (χ2v) is 4.90. The predicted molar refractivity (Wildman–Crippen MR) is 69.3 cm³/mol. The van der Waals surface area contributed by atoms with Crippen molar-refractivity contribution in [2.45, 2.75) is 32.6 Å². The number of hydrogen-bond donors (Lipinski definition) is 2. The lowest BCUT2D eigenvalue weighted by molar-refractivity contribution is -0.138. The van der Waals surface area contributed by atoms with Crippen LogP contribution in [0.15, 0.2) is 0 Å². The number of Topliss-reactive ketones (excluding diaryl/α,β-unsaturated/α-hetero) is 1. The molecule has 0 aromatic carbocycles. The molecule has 19 heavy (non-hydrogen) atoms. The smallest absolute Gasteiger partial charge is 0.230 e. The van der Waals surface area contributed by atoms with E-state index in [1.165, 1.54) is 6.92 Å². The van der Waals surface area contributed by atoms with Gasteiger partial charge in [0, 0.05) is 32.2 Å². The third kappa shape index (κ3) is 5.38. The molecule has 6 nitrogen and oxygen atoms in total. The number of nitrogens with one attached hydrogen (secondary N) is 1. The van der Waals surface area contributed by atoms with E-state index in [0.29, 0.717) is 38.9 Å². The lowest BCUT2D eigenvalue weighted by Gasteiger charge is -2.31. The zero-order valence-corrected chi connectivity index (χ0v) is 11.4. The van der Waals surface area contributed by atoms with Crippen LogP contribution >= 0.6 is 0 Å². The van der Waals surface area contributed by atoms with Crippen molar-refractivity contribution < 1.29 is 19.5 Å². The first-order valence-corrected chi connectivity index (χ1v) is 6.70. The molecule has 2 amide bonds. The predicted octanol–water partition coefficient (Wildman–Crippen LogP) is -0.297. The van der Waals surface area contributed by atoms with Gasteiger partial charge in [0.2, 0.25) is 11.8 Å². The molecule has 108 valence electrons. The molecule has 1 aliphatic rings. The molecular weight excluding hydrogens is 248 g/mol. The van der Waals surface area contributed by atoms with Crippen LogP contribution in [0.1, 0.15) is 32.6 Å². The van der Waals surface area contributed by atoms with E-state index in [4.69, 9.17) is 5.11 Å². The molecule has 1 aliphatic heterocycles. The Morgan fingerprint density at radius 3 is 2.42 bits per heavy atom. The first kappa shape index (κ1) is 15.6. The molecule has 0 bridgehead atoms. The molecule has 0 atom stereocenters. The van der Waals surface area contributed by atoms with Crippen molar-refractivity contribution in [3.8, 4) is 0 Å². The fourth-order valence-corrected chi connectivity index (χ4v) is 2.15. The van der Waals surface area contributed by atoms with E-state index in [-0.39, 0.29) is 36.5 Å². The lowest BCUT2D eigenvalue weighted by atomic mass is 9.95. The normalized spacial score (nSPS) is 16.2. The molecule has 2 N–H and O–H groups in total. The monoisotopic (exact) mass is 270 g/mol. The molecule has 0 aromatic heterocycles. The highest BCUT2D eigenvalue weighted by molar-refractivity contribution is 5.96. The van der Waals surface area contributed by atoms with Crippen LogP contribution in [-0.2, 0) is 14.4 Å². The van der Waals surface area contributed by atoms with Crippen LogP contribution < -0.4 is 5.32 Å². The van der Waals surface area contributed by atoms with Crippen molar-refractivity contribution in [1.29, 1.82) is 0 Å². The number of aliphatic hydroxyl groups excluding tert-OH is 1. The maximum atomic E-state index is 11.8. The number of likely N-dealkylation sites (tertiary alicyclic amines) is 1. The number of hydrogen-bond acceptors (Lipinski definition) is 4. The molecule has 1 fully saturated rings. The number of carbonyl (C=O) groups is 3. The molecule has 0 spiro atoms. The molecule has 0 saturated carbocycles. The average Bonchev–Trinajstić information content (AvgIpc) is 2.38. The van der Waals surface area contributed by atoms with E-state index >= 15 is 0 Å². The van der Waals surface area contributed by atoms with Crippen molar-refractivity contribution >= 4 is 17.6 Å². The SMILES string of the molecule is CC(=O)CC(=O)N1CCC(C(=O)NCCCO)CC1.